The molecule has 1 aromatic carbocycles. The lowest BCUT2D eigenvalue weighted by atomic mass is 9.95. The van der Waals surface area contributed by atoms with Crippen LogP contribution in [0.2, 0.25) is 0 Å². The van der Waals surface area contributed by atoms with Gasteiger partial charge in [-0.1, -0.05) is 13.0 Å². The highest BCUT2D eigenvalue weighted by Gasteiger charge is 2.34. The molecule has 2 aromatic heterocycles. The quantitative estimate of drug-likeness (QED) is 0.415. The van der Waals surface area contributed by atoms with Crippen molar-refractivity contribution in [2.24, 2.45) is 0 Å². The van der Waals surface area contributed by atoms with E-state index in [-0.39, 0.29) is 11.5 Å². The van der Waals surface area contributed by atoms with Crippen LogP contribution in [0.5, 0.6) is 0 Å². The van der Waals surface area contributed by atoms with E-state index < -0.39 is 23.7 Å². The second-order valence-corrected chi connectivity index (χ2v) is 10.2. The number of rotatable bonds is 7. The van der Waals surface area contributed by atoms with Gasteiger partial charge >= 0.3 is 6.18 Å². The number of hydrogen-bond acceptors (Lipinski definition) is 6. The smallest absolute Gasteiger partial charge is 0.383 e. The highest BCUT2D eigenvalue weighted by atomic mass is 19.4. The van der Waals surface area contributed by atoms with Crippen LogP contribution in [0.4, 0.5) is 33.6 Å². The SMILES string of the molecule is CCc1c(N)ncnc1N1CCC(c2nc(-c3ccc(C(F)(F)F)c(F)c3)cn2CCN2CC[C@H](F)C2)CC1. The first-order chi connectivity index (χ1) is 18.6. The van der Waals surface area contributed by atoms with E-state index in [1.807, 2.05) is 11.5 Å². The number of likely N-dealkylation sites (tertiary alicyclic amines) is 1. The van der Waals surface area contributed by atoms with Gasteiger partial charge in [0.15, 0.2) is 0 Å². The predicted octanol–water partition coefficient (Wildman–Crippen LogP) is 5.07. The number of alkyl halides is 4. The van der Waals surface area contributed by atoms with Crippen molar-refractivity contribution in [1.82, 2.24) is 24.4 Å². The summed E-state index contributed by atoms with van der Waals surface area (Å²) in [4.78, 5) is 17.6. The average molecular weight is 550 g/mol. The number of nitrogen functional groups attached to an aromatic ring is 1. The first-order valence-corrected chi connectivity index (χ1v) is 13.3. The number of anilines is 2. The first-order valence-electron chi connectivity index (χ1n) is 13.3. The molecule has 2 aliphatic heterocycles. The van der Waals surface area contributed by atoms with Gasteiger partial charge in [0.2, 0.25) is 0 Å². The van der Waals surface area contributed by atoms with E-state index in [4.69, 9.17) is 10.7 Å². The van der Waals surface area contributed by atoms with Gasteiger partial charge in [0.1, 0.15) is 35.8 Å². The third kappa shape index (κ3) is 5.85. The van der Waals surface area contributed by atoms with Crippen LogP contribution in [-0.2, 0) is 19.1 Å². The third-order valence-corrected chi connectivity index (χ3v) is 7.72. The fourth-order valence-corrected chi connectivity index (χ4v) is 5.59. The molecule has 12 heteroatoms. The van der Waals surface area contributed by atoms with Crippen molar-refractivity contribution in [2.45, 2.75) is 57.4 Å². The third-order valence-electron chi connectivity index (χ3n) is 7.72. The molecule has 39 heavy (non-hydrogen) atoms. The number of aromatic nitrogens is 4. The van der Waals surface area contributed by atoms with Crippen LogP contribution < -0.4 is 10.6 Å². The normalized spacial score (nSPS) is 19.2. The van der Waals surface area contributed by atoms with Gasteiger partial charge in [0.25, 0.3) is 0 Å². The summed E-state index contributed by atoms with van der Waals surface area (Å²) in [5.74, 6) is 0.879. The largest absolute Gasteiger partial charge is 0.419 e. The number of halogens is 5. The Bertz CT molecular complexity index is 1300. The van der Waals surface area contributed by atoms with Crippen LogP contribution in [0.1, 0.15) is 49.1 Å². The molecule has 0 bridgehead atoms. The predicted molar refractivity (Wildman–Crippen MR) is 139 cm³/mol. The van der Waals surface area contributed by atoms with Gasteiger partial charge in [0, 0.05) is 62.5 Å². The van der Waals surface area contributed by atoms with Crippen molar-refractivity contribution in [2.75, 3.05) is 43.4 Å². The molecule has 210 valence electrons. The first kappa shape index (κ1) is 27.3. The molecule has 0 saturated carbocycles. The summed E-state index contributed by atoms with van der Waals surface area (Å²) in [7, 11) is 0. The fourth-order valence-electron chi connectivity index (χ4n) is 5.59. The minimum Gasteiger partial charge on any atom is -0.383 e. The Morgan fingerprint density at radius 1 is 1.05 bits per heavy atom. The monoisotopic (exact) mass is 549 g/mol. The van der Waals surface area contributed by atoms with Gasteiger partial charge in [-0.05, 0) is 37.8 Å². The molecule has 0 amide bonds. The Hall–Kier alpha value is -3.28. The lowest BCUT2D eigenvalue weighted by Crippen LogP contribution is -2.35. The lowest BCUT2D eigenvalue weighted by molar-refractivity contribution is -0.139. The Labute approximate surface area is 223 Å². The topological polar surface area (TPSA) is 76.1 Å². The summed E-state index contributed by atoms with van der Waals surface area (Å²) in [5, 5.41) is 0. The van der Waals surface area contributed by atoms with Crippen LogP contribution in [0.25, 0.3) is 11.3 Å². The number of imidazole rings is 1. The molecule has 2 fully saturated rings. The van der Waals surface area contributed by atoms with Crippen molar-refractivity contribution < 1.29 is 22.0 Å². The zero-order valence-electron chi connectivity index (χ0n) is 21.8. The molecule has 0 unspecified atom stereocenters. The molecule has 0 aliphatic carbocycles. The molecule has 2 saturated heterocycles. The highest BCUT2D eigenvalue weighted by molar-refractivity contribution is 5.60. The maximum absolute atomic E-state index is 14.4. The molecular weight excluding hydrogens is 517 g/mol. The second kappa shape index (κ2) is 11.1. The van der Waals surface area contributed by atoms with Gasteiger partial charge in [-0.15, -0.1) is 0 Å². The molecular formula is C27H32F5N7. The van der Waals surface area contributed by atoms with Crippen molar-refractivity contribution >= 4 is 11.6 Å². The lowest BCUT2D eigenvalue weighted by Gasteiger charge is -2.34. The van der Waals surface area contributed by atoms with Crippen LogP contribution in [-0.4, -0.2) is 63.3 Å². The molecule has 3 aromatic rings. The number of hydrogen-bond donors (Lipinski definition) is 1. The van der Waals surface area contributed by atoms with E-state index in [1.54, 1.807) is 6.20 Å². The number of piperidine rings is 1. The van der Waals surface area contributed by atoms with Crippen LogP contribution >= 0.6 is 0 Å². The standard InChI is InChI=1S/C27H32F5N7/c1-2-20-24(33)34-16-35-26(20)38-9-5-17(6-10-38)25-36-23(15-39(25)12-11-37-8-7-19(28)14-37)18-3-4-21(22(29)13-18)27(30,31)32/h3-4,13,15-17,19H,2,5-12,14H2,1H3,(H2,33,34,35)/t19-/m0/s1. The van der Waals surface area contributed by atoms with Crippen LogP contribution in [0, 0.1) is 5.82 Å². The Morgan fingerprint density at radius 2 is 1.82 bits per heavy atom. The molecule has 0 spiro atoms. The summed E-state index contributed by atoms with van der Waals surface area (Å²) in [6.07, 6.45) is 0.435. The van der Waals surface area contributed by atoms with E-state index in [1.165, 1.54) is 12.4 Å². The van der Waals surface area contributed by atoms with Crippen LogP contribution in [0.15, 0.2) is 30.7 Å². The zero-order chi connectivity index (χ0) is 27.7. The van der Waals surface area contributed by atoms with Crippen molar-refractivity contribution in [3.63, 3.8) is 0 Å². The van der Waals surface area contributed by atoms with Gasteiger partial charge in [0.05, 0.1) is 11.3 Å². The van der Waals surface area contributed by atoms with E-state index in [0.29, 0.717) is 44.1 Å². The highest BCUT2D eigenvalue weighted by Crippen LogP contribution is 2.36. The summed E-state index contributed by atoms with van der Waals surface area (Å²) in [6, 6.07) is 2.90. The van der Waals surface area contributed by atoms with Gasteiger partial charge in [-0.25, -0.2) is 23.7 Å². The molecule has 0 radical (unpaired) electrons. The molecule has 7 nitrogen and oxygen atoms in total. The van der Waals surface area contributed by atoms with Crippen molar-refractivity contribution in [1.29, 1.82) is 0 Å². The number of benzene rings is 1. The van der Waals surface area contributed by atoms with Gasteiger partial charge in [-0.3, -0.25) is 4.90 Å². The minimum atomic E-state index is -4.77. The van der Waals surface area contributed by atoms with E-state index in [0.717, 1.165) is 61.7 Å². The Kier molecular flexibility index (Phi) is 7.75. The minimum absolute atomic E-state index is 0.0889. The number of nitrogens with zero attached hydrogens (tertiary/aromatic N) is 6. The Balaban J connectivity index is 1.39. The van der Waals surface area contributed by atoms with Gasteiger partial charge < -0.3 is 15.2 Å². The molecule has 4 heterocycles. The summed E-state index contributed by atoms with van der Waals surface area (Å²) in [6.45, 7) is 5.72. The number of nitrogens with two attached hydrogens (primary N) is 1. The van der Waals surface area contributed by atoms with Crippen LogP contribution in [0.3, 0.4) is 0 Å². The maximum Gasteiger partial charge on any atom is 0.419 e. The fraction of sp³-hybridized carbons (Fsp3) is 0.519. The average Bonchev–Trinajstić information content (AvgIpc) is 3.52. The van der Waals surface area contributed by atoms with Crippen molar-refractivity contribution in [3.8, 4) is 11.3 Å². The molecule has 1 atom stereocenters. The zero-order valence-corrected chi connectivity index (χ0v) is 21.8. The molecule has 5 rings (SSSR count). The maximum atomic E-state index is 14.4. The summed E-state index contributed by atoms with van der Waals surface area (Å²) < 4.78 is 69.3. The second-order valence-electron chi connectivity index (χ2n) is 10.2. The summed E-state index contributed by atoms with van der Waals surface area (Å²) >= 11 is 0. The van der Waals surface area contributed by atoms with Crippen molar-refractivity contribution in [3.05, 3.63) is 53.5 Å². The van der Waals surface area contributed by atoms with E-state index in [9.17, 15) is 22.0 Å². The molecule has 2 aliphatic rings. The Morgan fingerprint density at radius 3 is 2.46 bits per heavy atom. The molecule has 2 N–H and O–H groups in total. The van der Waals surface area contributed by atoms with E-state index >= 15 is 0 Å². The van der Waals surface area contributed by atoms with Gasteiger partial charge in [-0.2, -0.15) is 13.2 Å². The van der Waals surface area contributed by atoms with E-state index in [2.05, 4.69) is 19.8 Å². The summed E-state index contributed by atoms with van der Waals surface area (Å²) in [5.41, 5.74) is 6.38.